The number of nitrogens with one attached hydrogen (secondary N) is 2. The van der Waals surface area contributed by atoms with Crippen LogP contribution in [0.15, 0.2) is 0 Å². The third-order valence-electron chi connectivity index (χ3n) is 2.26. The fraction of sp³-hybridized carbons (Fsp3) is 0.818. The zero-order chi connectivity index (χ0) is 12.2. The Morgan fingerprint density at radius 2 is 2.19 bits per heavy atom. The Bertz CT molecular complexity index is 271. The molecule has 92 valence electrons. The number of hydrogen-bond acceptors (Lipinski definition) is 3. The molecular formula is C11H21N3O2. The van der Waals surface area contributed by atoms with Crippen molar-refractivity contribution in [3.8, 4) is 0 Å². The number of hydrogen-bond donors (Lipinski definition) is 2. The first kappa shape index (κ1) is 13.0. The highest BCUT2D eigenvalue weighted by Crippen LogP contribution is 2.00. The van der Waals surface area contributed by atoms with Crippen LogP contribution in [0.4, 0.5) is 0 Å². The molecule has 1 heterocycles. The molecule has 0 unspecified atom stereocenters. The van der Waals surface area contributed by atoms with Crippen LogP contribution in [-0.2, 0) is 9.59 Å². The van der Waals surface area contributed by atoms with Crippen LogP contribution in [0.3, 0.4) is 0 Å². The molecule has 1 aliphatic rings. The molecule has 0 saturated carbocycles. The van der Waals surface area contributed by atoms with E-state index in [4.69, 9.17) is 0 Å². The average molecular weight is 227 g/mol. The van der Waals surface area contributed by atoms with Crippen molar-refractivity contribution in [3.05, 3.63) is 0 Å². The molecule has 5 nitrogen and oxygen atoms in total. The summed E-state index contributed by atoms with van der Waals surface area (Å²) in [4.78, 5) is 24.9. The van der Waals surface area contributed by atoms with Gasteiger partial charge < -0.3 is 15.5 Å². The molecule has 1 saturated heterocycles. The van der Waals surface area contributed by atoms with Gasteiger partial charge in [0, 0.05) is 12.1 Å². The summed E-state index contributed by atoms with van der Waals surface area (Å²) in [6.45, 7) is 7.78. The zero-order valence-corrected chi connectivity index (χ0v) is 10.3. The van der Waals surface area contributed by atoms with Crippen LogP contribution in [0.25, 0.3) is 0 Å². The van der Waals surface area contributed by atoms with Gasteiger partial charge >= 0.3 is 0 Å². The summed E-state index contributed by atoms with van der Waals surface area (Å²) >= 11 is 0. The van der Waals surface area contributed by atoms with Crippen LogP contribution >= 0.6 is 0 Å². The number of amides is 2. The number of rotatable bonds is 2. The van der Waals surface area contributed by atoms with Crippen LogP contribution < -0.4 is 10.6 Å². The molecule has 0 spiro atoms. The highest BCUT2D eigenvalue weighted by Gasteiger charge is 2.21. The molecule has 0 radical (unpaired) electrons. The van der Waals surface area contributed by atoms with E-state index in [1.807, 2.05) is 20.8 Å². The van der Waals surface area contributed by atoms with E-state index in [0.29, 0.717) is 13.1 Å². The van der Waals surface area contributed by atoms with Crippen molar-refractivity contribution in [2.24, 2.45) is 0 Å². The summed E-state index contributed by atoms with van der Waals surface area (Å²) in [6.07, 6.45) is 0.897. The van der Waals surface area contributed by atoms with E-state index >= 15 is 0 Å². The molecule has 0 aliphatic carbocycles. The van der Waals surface area contributed by atoms with Gasteiger partial charge in [0.1, 0.15) is 0 Å². The van der Waals surface area contributed by atoms with Gasteiger partial charge in [-0.05, 0) is 33.7 Å². The summed E-state index contributed by atoms with van der Waals surface area (Å²) in [5, 5.41) is 5.88. The third-order valence-corrected chi connectivity index (χ3v) is 2.26. The van der Waals surface area contributed by atoms with Gasteiger partial charge in [-0.25, -0.2) is 0 Å². The Morgan fingerprint density at radius 1 is 1.50 bits per heavy atom. The molecule has 1 rings (SSSR count). The second kappa shape index (κ2) is 5.30. The van der Waals surface area contributed by atoms with Crippen molar-refractivity contribution >= 4 is 11.8 Å². The molecule has 0 aromatic rings. The van der Waals surface area contributed by atoms with E-state index in [-0.39, 0.29) is 23.9 Å². The monoisotopic (exact) mass is 227 g/mol. The molecule has 16 heavy (non-hydrogen) atoms. The largest absolute Gasteiger partial charge is 0.350 e. The summed E-state index contributed by atoms with van der Waals surface area (Å²) in [5.41, 5.74) is -0.246. The number of carbonyl (C=O) groups is 2. The lowest BCUT2D eigenvalue weighted by atomic mass is 10.1. The molecule has 0 aromatic heterocycles. The summed E-state index contributed by atoms with van der Waals surface area (Å²) in [7, 11) is 0. The number of nitrogens with zero attached hydrogens (tertiary/aromatic N) is 1. The lowest BCUT2D eigenvalue weighted by Gasteiger charge is -2.24. The van der Waals surface area contributed by atoms with Crippen LogP contribution in [0.2, 0.25) is 0 Å². The van der Waals surface area contributed by atoms with Crippen molar-refractivity contribution in [2.75, 3.05) is 26.2 Å². The summed E-state index contributed by atoms with van der Waals surface area (Å²) in [5.74, 6) is -0.0932. The van der Waals surface area contributed by atoms with Crippen molar-refractivity contribution in [3.63, 3.8) is 0 Å². The topological polar surface area (TPSA) is 61.4 Å². The smallest absolute Gasteiger partial charge is 0.240 e. The first-order valence-electron chi connectivity index (χ1n) is 5.68. The zero-order valence-electron chi connectivity index (χ0n) is 10.3. The molecular weight excluding hydrogens is 206 g/mol. The molecule has 2 N–H and O–H groups in total. The minimum Gasteiger partial charge on any atom is -0.350 e. The number of carbonyl (C=O) groups excluding carboxylic acids is 2. The van der Waals surface area contributed by atoms with E-state index in [0.717, 1.165) is 13.0 Å². The van der Waals surface area contributed by atoms with Gasteiger partial charge in [0.15, 0.2) is 0 Å². The standard InChI is InChI=1S/C11H21N3O2/c1-11(2,3)13-9(15)8-14-6-4-5-12-7-10(14)16/h12H,4-8H2,1-3H3,(H,13,15). The first-order chi connectivity index (χ1) is 7.38. The Balaban J connectivity index is 2.45. The normalized spacial score (nSPS) is 18.2. The fourth-order valence-electron chi connectivity index (χ4n) is 1.63. The van der Waals surface area contributed by atoms with Gasteiger partial charge in [-0.1, -0.05) is 0 Å². The van der Waals surface area contributed by atoms with Gasteiger partial charge in [-0.15, -0.1) is 0 Å². The van der Waals surface area contributed by atoms with Crippen molar-refractivity contribution in [1.29, 1.82) is 0 Å². The molecule has 2 amide bonds. The molecule has 0 bridgehead atoms. The predicted molar refractivity (Wildman–Crippen MR) is 62.0 cm³/mol. The lowest BCUT2D eigenvalue weighted by Crippen LogP contribution is -2.48. The van der Waals surface area contributed by atoms with Gasteiger partial charge in [0.25, 0.3) is 0 Å². The minimum absolute atomic E-state index is 0.00144. The van der Waals surface area contributed by atoms with E-state index < -0.39 is 0 Å². The summed E-state index contributed by atoms with van der Waals surface area (Å²) in [6, 6.07) is 0. The van der Waals surface area contributed by atoms with Gasteiger partial charge in [-0.2, -0.15) is 0 Å². The van der Waals surface area contributed by atoms with Gasteiger partial charge in [0.05, 0.1) is 13.1 Å². The molecule has 5 heteroatoms. The maximum absolute atomic E-state index is 11.7. The first-order valence-corrected chi connectivity index (χ1v) is 5.68. The van der Waals surface area contributed by atoms with Crippen molar-refractivity contribution in [2.45, 2.75) is 32.7 Å². The van der Waals surface area contributed by atoms with E-state index in [9.17, 15) is 9.59 Å². The minimum atomic E-state index is -0.246. The Kier molecular flexibility index (Phi) is 4.29. The van der Waals surface area contributed by atoms with E-state index in [1.54, 1.807) is 4.90 Å². The highest BCUT2D eigenvalue weighted by molar-refractivity contribution is 5.86. The molecule has 0 aromatic carbocycles. The Labute approximate surface area is 96.6 Å². The maximum atomic E-state index is 11.7. The predicted octanol–water partition coefficient (Wildman–Crippen LogP) is -0.277. The molecule has 1 fully saturated rings. The SMILES string of the molecule is CC(C)(C)NC(=O)CN1CCCNCC1=O. The second-order valence-electron chi connectivity index (χ2n) is 5.14. The van der Waals surface area contributed by atoms with Crippen LogP contribution in [0.1, 0.15) is 27.2 Å². The van der Waals surface area contributed by atoms with Gasteiger partial charge in [-0.3, -0.25) is 9.59 Å². The second-order valence-corrected chi connectivity index (χ2v) is 5.14. The summed E-state index contributed by atoms with van der Waals surface area (Å²) < 4.78 is 0. The van der Waals surface area contributed by atoms with Crippen molar-refractivity contribution in [1.82, 2.24) is 15.5 Å². The maximum Gasteiger partial charge on any atom is 0.240 e. The average Bonchev–Trinajstić information content (AvgIpc) is 2.29. The van der Waals surface area contributed by atoms with E-state index in [2.05, 4.69) is 10.6 Å². The highest BCUT2D eigenvalue weighted by atomic mass is 16.2. The van der Waals surface area contributed by atoms with Crippen molar-refractivity contribution < 1.29 is 9.59 Å². The van der Waals surface area contributed by atoms with Crippen LogP contribution in [0.5, 0.6) is 0 Å². The van der Waals surface area contributed by atoms with Crippen LogP contribution in [-0.4, -0.2) is 48.4 Å². The lowest BCUT2D eigenvalue weighted by molar-refractivity contribution is -0.135. The van der Waals surface area contributed by atoms with Gasteiger partial charge in [0.2, 0.25) is 11.8 Å². The fourth-order valence-corrected chi connectivity index (χ4v) is 1.63. The Morgan fingerprint density at radius 3 is 2.81 bits per heavy atom. The third kappa shape index (κ3) is 4.61. The quantitative estimate of drug-likeness (QED) is 0.682. The van der Waals surface area contributed by atoms with E-state index in [1.165, 1.54) is 0 Å². The Hall–Kier alpha value is -1.10. The molecule has 1 aliphatic heterocycles. The van der Waals surface area contributed by atoms with Crippen LogP contribution in [0, 0.1) is 0 Å². The molecule has 0 atom stereocenters.